The van der Waals surface area contributed by atoms with E-state index in [-0.39, 0.29) is 12.2 Å². The molecule has 2 heterocycles. The molecule has 5 nitrogen and oxygen atoms in total. The van der Waals surface area contributed by atoms with Gasteiger partial charge in [-0.1, -0.05) is 42.1 Å². The Balaban J connectivity index is 1.55. The number of imidazole rings is 1. The number of carbonyl (C=O) groups is 1. The molecule has 1 aliphatic heterocycles. The van der Waals surface area contributed by atoms with Crippen LogP contribution in [0.3, 0.4) is 0 Å². The molecule has 6 heteroatoms. The zero-order chi connectivity index (χ0) is 14.9. The van der Waals surface area contributed by atoms with Crippen LogP contribution in [0, 0.1) is 0 Å². The van der Waals surface area contributed by atoms with Crippen LogP contribution >= 0.6 is 11.8 Å². The topological polar surface area (TPSA) is 56.2 Å². The average Bonchev–Trinajstić information content (AvgIpc) is 3.16. The lowest BCUT2D eigenvalue weighted by Gasteiger charge is -2.12. The maximum absolute atomic E-state index is 11.1. The Kier molecular flexibility index (Phi) is 3.54. The standard InChI is InChI=1S/C16H17N3O2S/c20-16-18-8-13(21-16)10-22-15-17-9-14(19(15)12-6-7-12)11-4-2-1-3-5-11/h1-5,9,12-13H,6-8,10H2,(H,18,20)/t13-/m1/s1. The van der Waals surface area contributed by atoms with E-state index < -0.39 is 0 Å². The molecule has 114 valence electrons. The van der Waals surface area contributed by atoms with Crippen LogP contribution in [0.15, 0.2) is 41.7 Å². The van der Waals surface area contributed by atoms with E-state index >= 15 is 0 Å². The monoisotopic (exact) mass is 315 g/mol. The minimum absolute atomic E-state index is 0.0676. The van der Waals surface area contributed by atoms with Crippen molar-refractivity contribution in [2.45, 2.75) is 30.1 Å². The Labute approximate surface area is 133 Å². The van der Waals surface area contributed by atoms with E-state index in [9.17, 15) is 4.79 Å². The van der Waals surface area contributed by atoms with E-state index in [1.54, 1.807) is 11.8 Å². The second-order valence-corrected chi connectivity index (χ2v) is 6.60. The molecule has 1 saturated carbocycles. The van der Waals surface area contributed by atoms with E-state index in [1.807, 2.05) is 12.3 Å². The lowest BCUT2D eigenvalue weighted by Crippen LogP contribution is -2.17. The largest absolute Gasteiger partial charge is 0.443 e. The number of thioether (sulfide) groups is 1. The fourth-order valence-electron chi connectivity index (χ4n) is 2.65. The number of ether oxygens (including phenoxy) is 1. The lowest BCUT2D eigenvalue weighted by atomic mass is 10.2. The maximum Gasteiger partial charge on any atom is 0.407 e. The molecule has 2 fully saturated rings. The number of cyclic esters (lactones) is 1. The van der Waals surface area contributed by atoms with Gasteiger partial charge in [-0.15, -0.1) is 0 Å². The predicted octanol–water partition coefficient (Wildman–Crippen LogP) is 3.09. The number of alkyl carbamates (subject to hydrolysis) is 1. The Morgan fingerprint density at radius 1 is 1.32 bits per heavy atom. The van der Waals surface area contributed by atoms with Gasteiger partial charge in [0, 0.05) is 11.8 Å². The molecule has 1 aromatic heterocycles. The highest BCUT2D eigenvalue weighted by Gasteiger charge is 2.30. The van der Waals surface area contributed by atoms with Crippen molar-refractivity contribution >= 4 is 17.9 Å². The smallest absolute Gasteiger partial charge is 0.407 e. The summed E-state index contributed by atoms with van der Waals surface area (Å²) in [5.74, 6) is 0.733. The Morgan fingerprint density at radius 2 is 2.14 bits per heavy atom. The van der Waals surface area contributed by atoms with Gasteiger partial charge < -0.3 is 14.6 Å². The van der Waals surface area contributed by atoms with Crippen LogP contribution in [0.25, 0.3) is 11.3 Å². The summed E-state index contributed by atoms with van der Waals surface area (Å²) < 4.78 is 7.52. The number of aromatic nitrogens is 2. The van der Waals surface area contributed by atoms with E-state index in [0.29, 0.717) is 12.6 Å². The van der Waals surface area contributed by atoms with Gasteiger partial charge in [0.1, 0.15) is 6.10 Å². The molecule has 1 aliphatic carbocycles. The van der Waals surface area contributed by atoms with Crippen LogP contribution in [0.2, 0.25) is 0 Å². The molecular weight excluding hydrogens is 298 g/mol. The molecule has 2 aliphatic rings. The first-order chi connectivity index (χ1) is 10.8. The third-order valence-electron chi connectivity index (χ3n) is 3.89. The molecule has 1 amide bonds. The number of amides is 1. The third-order valence-corrected chi connectivity index (χ3v) is 4.99. The molecule has 1 atom stereocenters. The number of nitrogens with one attached hydrogen (secondary N) is 1. The van der Waals surface area contributed by atoms with Crippen LogP contribution in [-0.2, 0) is 4.74 Å². The first-order valence-electron chi connectivity index (χ1n) is 7.51. The van der Waals surface area contributed by atoms with Crippen molar-refractivity contribution in [3.63, 3.8) is 0 Å². The average molecular weight is 315 g/mol. The van der Waals surface area contributed by atoms with E-state index in [2.05, 4.69) is 39.1 Å². The zero-order valence-corrected chi connectivity index (χ0v) is 12.9. The molecular formula is C16H17N3O2S. The normalized spacial score (nSPS) is 20.7. The van der Waals surface area contributed by atoms with Crippen LogP contribution < -0.4 is 5.32 Å². The van der Waals surface area contributed by atoms with Gasteiger partial charge in [0.25, 0.3) is 0 Å². The molecule has 1 N–H and O–H groups in total. The lowest BCUT2D eigenvalue weighted by molar-refractivity contribution is 0.150. The van der Waals surface area contributed by atoms with Gasteiger partial charge >= 0.3 is 6.09 Å². The van der Waals surface area contributed by atoms with E-state index in [0.717, 1.165) is 10.9 Å². The second kappa shape index (κ2) is 5.68. The highest BCUT2D eigenvalue weighted by Crippen LogP contribution is 2.42. The summed E-state index contributed by atoms with van der Waals surface area (Å²) in [6, 6.07) is 10.9. The first-order valence-corrected chi connectivity index (χ1v) is 8.50. The van der Waals surface area contributed by atoms with Crippen LogP contribution in [0.5, 0.6) is 0 Å². The highest BCUT2D eigenvalue weighted by molar-refractivity contribution is 7.99. The second-order valence-electron chi connectivity index (χ2n) is 5.61. The summed E-state index contributed by atoms with van der Waals surface area (Å²) in [4.78, 5) is 15.7. The van der Waals surface area contributed by atoms with Crippen LogP contribution in [0.1, 0.15) is 18.9 Å². The number of hydrogen-bond acceptors (Lipinski definition) is 4. The van der Waals surface area contributed by atoms with Gasteiger partial charge in [0.15, 0.2) is 5.16 Å². The Hall–Kier alpha value is -1.95. The van der Waals surface area contributed by atoms with Crippen molar-refractivity contribution in [2.75, 3.05) is 12.3 Å². The van der Waals surface area contributed by atoms with E-state index in [4.69, 9.17) is 4.74 Å². The molecule has 0 spiro atoms. The molecule has 0 bridgehead atoms. The predicted molar refractivity (Wildman–Crippen MR) is 84.9 cm³/mol. The number of benzene rings is 1. The van der Waals surface area contributed by atoms with Gasteiger partial charge in [0.2, 0.25) is 0 Å². The van der Waals surface area contributed by atoms with Gasteiger partial charge in [-0.3, -0.25) is 0 Å². The van der Waals surface area contributed by atoms with Crippen LogP contribution in [0.4, 0.5) is 4.79 Å². The summed E-state index contributed by atoms with van der Waals surface area (Å²) in [6.45, 7) is 0.585. The molecule has 1 aromatic carbocycles. The van der Waals surface area contributed by atoms with E-state index in [1.165, 1.54) is 24.1 Å². The van der Waals surface area contributed by atoms with Gasteiger partial charge in [-0.2, -0.15) is 0 Å². The minimum Gasteiger partial charge on any atom is -0.443 e. The maximum atomic E-state index is 11.1. The zero-order valence-electron chi connectivity index (χ0n) is 12.1. The fourth-order valence-corrected chi connectivity index (χ4v) is 3.69. The molecule has 2 aromatic rings. The third kappa shape index (κ3) is 2.70. The van der Waals surface area contributed by atoms with Gasteiger partial charge in [-0.05, 0) is 18.4 Å². The Morgan fingerprint density at radius 3 is 2.82 bits per heavy atom. The molecule has 0 unspecified atom stereocenters. The summed E-state index contributed by atoms with van der Waals surface area (Å²) in [6.07, 6.45) is 3.99. The molecule has 0 radical (unpaired) electrons. The number of rotatable bonds is 5. The first kappa shape index (κ1) is 13.7. The molecule has 1 saturated heterocycles. The summed E-state index contributed by atoms with van der Waals surface area (Å²) in [7, 11) is 0. The Bertz CT molecular complexity index is 682. The summed E-state index contributed by atoms with van der Waals surface area (Å²) in [5.41, 5.74) is 2.37. The van der Waals surface area contributed by atoms with Gasteiger partial charge in [-0.25, -0.2) is 9.78 Å². The molecule has 22 heavy (non-hydrogen) atoms. The quantitative estimate of drug-likeness (QED) is 0.862. The SMILES string of the molecule is O=C1NC[C@H](CSc2ncc(-c3ccccc3)n2C2CC2)O1. The molecule has 4 rings (SSSR count). The minimum atomic E-state index is -0.318. The van der Waals surface area contributed by atoms with Crippen molar-refractivity contribution in [1.29, 1.82) is 0 Å². The summed E-state index contributed by atoms with van der Waals surface area (Å²) in [5, 5.41) is 3.70. The number of carbonyl (C=O) groups excluding carboxylic acids is 1. The van der Waals surface area contributed by atoms with Crippen molar-refractivity contribution in [3.05, 3.63) is 36.5 Å². The van der Waals surface area contributed by atoms with Crippen molar-refractivity contribution in [2.24, 2.45) is 0 Å². The van der Waals surface area contributed by atoms with Crippen molar-refractivity contribution in [1.82, 2.24) is 14.9 Å². The number of nitrogens with zero attached hydrogens (tertiary/aromatic N) is 2. The van der Waals surface area contributed by atoms with Crippen LogP contribution in [-0.4, -0.2) is 34.0 Å². The van der Waals surface area contributed by atoms with Gasteiger partial charge in [0.05, 0.1) is 18.4 Å². The summed E-state index contributed by atoms with van der Waals surface area (Å²) >= 11 is 1.66. The van der Waals surface area contributed by atoms with Crippen molar-refractivity contribution in [3.8, 4) is 11.3 Å². The highest BCUT2D eigenvalue weighted by atomic mass is 32.2. The number of hydrogen-bond donors (Lipinski definition) is 1. The fraction of sp³-hybridized carbons (Fsp3) is 0.375. The van der Waals surface area contributed by atoms with Crippen molar-refractivity contribution < 1.29 is 9.53 Å².